The molecule has 94 valence electrons. The molecule has 0 fully saturated rings. The molecule has 6 heteroatoms. The Kier molecular flexibility index (Phi) is 5.85. The van der Waals surface area contributed by atoms with Crippen molar-refractivity contribution in [3.8, 4) is 5.75 Å². The molecule has 0 bridgehead atoms. The Hall–Kier alpha value is -0.680. The number of benzene rings is 1. The Balaban J connectivity index is 2.93. The molecule has 0 aliphatic rings. The lowest BCUT2D eigenvalue weighted by molar-refractivity contribution is -0.115. The van der Waals surface area contributed by atoms with Gasteiger partial charge in [0.05, 0.1) is 5.33 Å². The Morgan fingerprint density at radius 2 is 2.12 bits per heavy atom. The van der Waals surface area contributed by atoms with Crippen LogP contribution in [0.25, 0.3) is 0 Å². The number of halogens is 4. The molecular weight excluding hydrogens is 317 g/mol. The molecule has 0 spiro atoms. The van der Waals surface area contributed by atoms with E-state index in [-0.39, 0.29) is 29.2 Å². The number of hydrogen-bond donors (Lipinski definition) is 0. The number of rotatable bonds is 6. The molecular formula is C11H10BrClF2O2. The van der Waals surface area contributed by atoms with E-state index in [4.69, 9.17) is 11.6 Å². The van der Waals surface area contributed by atoms with Gasteiger partial charge < -0.3 is 4.74 Å². The van der Waals surface area contributed by atoms with Gasteiger partial charge in [0.15, 0.2) is 0 Å². The number of carbonyl (C=O) groups excluding carboxylic acids is 1. The van der Waals surface area contributed by atoms with Crippen molar-refractivity contribution in [3.63, 3.8) is 0 Å². The van der Waals surface area contributed by atoms with E-state index >= 15 is 0 Å². The van der Waals surface area contributed by atoms with Crippen LogP contribution in [-0.4, -0.2) is 17.7 Å². The maximum Gasteiger partial charge on any atom is 0.387 e. The van der Waals surface area contributed by atoms with Gasteiger partial charge in [0.2, 0.25) is 0 Å². The average molecular weight is 328 g/mol. The molecule has 0 heterocycles. The third-order valence-corrected chi connectivity index (χ3v) is 3.00. The molecule has 0 aliphatic carbocycles. The fraction of sp³-hybridized carbons (Fsp3) is 0.364. The van der Waals surface area contributed by atoms with E-state index in [1.165, 1.54) is 12.1 Å². The zero-order chi connectivity index (χ0) is 12.8. The molecule has 2 nitrogen and oxygen atoms in total. The predicted octanol–water partition coefficient (Wildman–Crippen LogP) is 3.53. The number of hydrogen-bond acceptors (Lipinski definition) is 2. The second-order valence-corrected chi connectivity index (χ2v) is 4.12. The third kappa shape index (κ3) is 4.60. The highest BCUT2D eigenvalue weighted by Crippen LogP contribution is 2.22. The molecule has 0 N–H and O–H groups in total. The van der Waals surface area contributed by atoms with Gasteiger partial charge in [0.25, 0.3) is 0 Å². The van der Waals surface area contributed by atoms with Crippen LogP contribution in [0.4, 0.5) is 8.78 Å². The fourth-order valence-electron chi connectivity index (χ4n) is 1.33. The normalized spacial score (nSPS) is 10.6. The van der Waals surface area contributed by atoms with E-state index in [0.29, 0.717) is 5.56 Å². The van der Waals surface area contributed by atoms with E-state index in [1.54, 1.807) is 6.07 Å². The van der Waals surface area contributed by atoms with Crippen molar-refractivity contribution in [3.05, 3.63) is 29.3 Å². The van der Waals surface area contributed by atoms with Gasteiger partial charge in [-0.05, 0) is 23.3 Å². The maximum atomic E-state index is 12.0. The fourth-order valence-corrected chi connectivity index (χ4v) is 1.79. The van der Waals surface area contributed by atoms with Crippen LogP contribution in [0.1, 0.15) is 11.1 Å². The van der Waals surface area contributed by atoms with Crippen LogP contribution in [0.5, 0.6) is 5.75 Å². The van der Waals surface area contributed by atoms with E-state index in [2.05, 4.69) is 20.7 Å². The summed E-state index contributed by atoms with van der Waals surface area (Å²) in [6, 6.07) is 4.41. The van der Waals surface area contributed by atoms with Crippen molar-refractivity contribution in [2.24, 2.45) is 0 Å². The molecule has 0 atom stereocenters. The smallest absolute Gasteiger partial charge is 0.387 e. The van der Waals surface area contributed by atoms with E-state index in [0.717, 1.165) is 5.56 Å². The standard InChI is InChI=1S/C11H10BrClF2O2/c12-5-9(16)3-8-4-10(17-11(14)15)2-1-7(8)6-13/h1-2,4,11H,3,5-6H2. The summed E-state index contributed by atoms with van der Waals surface area (Å²) in [7, 11) is 0. The minimum Gasteiger partial charge on any atom is -0.435 e. The average Bonchev–Trinajstić information content (AvgIpc) is 2.28. The number of Topliss-reactive ketones (excluding diaryl/α,β-unsaturated/α-hetero) is 1. The molecule has 0 radical (unpaired) electrons. The van der Waals surface area contributed by atoms with Crippen molar-refractivity contribution >= 4 is 33.3 Å². The van der Waals surface area contributed by atoms with Gasteiger partial charge in [-0.15, -0.1) is 11.6 Å². The van der Waals surface area contributed by atoms with Gasteiger partial charge in [0, 0.05) is 12.3 Å². The van der Waals surface area contributed by atoms with E-state index in [1.807, 2.05) is 0 Å². The van der Waals surface area contributed by atoms with Crippen LogP contribution in [0.15, 0.2) is 18.2 Å². The maximum absolute atomic E-state index is 12.0. The Morgan fingerprint density at radius 3 is 2.65 bits per heavy atom. The van der Waals surface area contributed by atoms with Crippen molar-refractivity contribution in [2.75, 3.05) is 5.33 Å². The summed E-state index contributed by atoms with van der Waals surface area (Å²) < 4.78 is 28.4. The zero-order valence-corrected chi connectivity index (χ0v) is 11.1. The monoisotopic (exact) mass is 326 g/mol. The van der Waals surface area contributed by atoms with E-state index < -0.39 is 6.61 Å². The first-order valence-corrected chi connectivity index (χ1v) is 6.42. The molecule has 1 rings (SSSR count). The summed E-state index contributed by atoms with van der Waals surface area (Å²) in [5.74, 6) is 0.205. The zero-order valence-electron chi connectivity index (χ0n) is 8.76. The van der Waals surface area contributed by atoms with Crippen LogP contribution in [0.3, 0.4) is 0 Å². The number of carbonyl (C=O) groups is 1. The second-order valence-electron chi connectivity index (χ2n) is 3.29. The SMILES string of the molecule is O=C(CBr)Cc1cc(OC(F)F)ccc1CCl. The molecule has 0 unspecified atom stereocenters. The molecule has 1 aromatic carbocycles. The van der Waals surface area contributed by atoms with E-state index in [9.17, 15) is 13.6 Å². The second kappa shape index (κ2) is 6.91. The van der Waals surface area contributed by atoms with Crippen molar-refractivity contribution in [1.29, 1.82) is 0 Å². The number of alkyl halides is 4. The number of ketones is 1. The molecule has 1 aromatic rings. The van der Waals surface area contributed by atoms with Crippen LogP contribution in [0, 0.1) is 0 Å². The lowest BCUT2D eigenvalue weighted by Gasteiger charge is -2.10. The van der Waals surface area contributed by atoms with Gasteiger partial charge in [0.1, 0.15) is 11.5 Å². The van der Waals surface area contributed by atoms with Gasteiger partial charge in [-0.1, -0.05) is 22.0 Å². The lowest BCUT2D eigenvalue weighted by Crippen LogP contribution is -2.07. The topological polar surface area (TPSA) is 26.3 Å². The van der Waals surface area contributed by atoms with Crippen LogP contribution in [-0.2, 0) is 17.1 Å². The molecule has 0 amide bonds. The van der Waals surface area contributed by atoms with Gasteiger partial charge in [-0.25, -0.2) is 0 Å². The molecule has 0 aromatic heterocycles. The largest absolute Gasteiger partial charge is 0.435 e. The van der Waals surface area contributed by atoms with Crippen LogP contribution >= 0.6 is 27.5 Å². The third-order valence-electron chi connectivity index (χ3n) is 2.08. The Bertz CT molecular complexity index is 399. The van der Waals surface area contributed by atoms with Crippen LogP contribution in [0.2, 0.25) is 0 Å². The first kappa shape index (κ1) is 14.4. The summed E-state index contributed by atoms with van der Waals surface area (Å²) in [5, 5.41) is 0.217. The van der Waals surface area contributed by atoms with Gasteiger partial charge >= 0.3 is 6.61 Å². The van der Waals surface area contributed by atoms with Gasteiger partial charge in [-0.3, -0.25) is 4.79 Å². The van der Waals surface area contributed by atoms with Crippen LogP contribution < -0.4 is 4.74 Å². The highest BCUT2D eigenvalue weighted by molar-refractivity contribution is 9.09. The summed E-state index contributed by atoms with van der Waals surface area (Å²) in [6.45, 7) is -2.88. The Morgan fingerprint density at radius 1 is 1.41 bits per heavy atom. The van der Waals surface area contributed by atoms with Crippen molar-refractivity contribution < 1.29 is 18.3 Å². The molecule has 0 saturated carbocycles. The first-order valence-electron chi connectivity index (χ1n) is 4.77. The predicted molar refractivity (Wildman–Crippen MR) is 65.1 cm³/mol. The number of ether oxygens (including phenoxy) is 1. The van der Waals surface area contributed by atoms with Gasteiger partial charge in [-0.2, -0.15) is 8.78 Å². The van der Waals surface area contributed by atoms with Crippen molar-refractivity contribution in [1.82, 2.24) is 0 Å². The molecule has 0 aliphatic heterocycles. The highest BCUT2D eigenvalue weighted by Gasteiger charge is 2.10. The Labute approximate surface area is 111 Å². The lowest BCUT2D eigenvalue weighted by atomic mass is 10.0. The summed E-state index contributed by atoms with van der Waals surface area (Å²) in [5.41, 5.74) is 1.35. The summed E-state index contributed by atoms with van der Waals surface area (Å²) >= 11 is 8.75. The summed E-state index contributed by atoms with van der Waals surface area (Å²) in [6.07, 6.45) is 0.147. The highest BCUT2D eigenvalue weighted by atomic mass is 79.9. The minimum absolute atomic E-state index is 0.0336. The van der Waals surface area contributed by atoms with Crippen molar-refractivity contribution in [2.45, 2.75) is 18.9 Å². The molecule has 0 saturated heterocycles. The minimum atomic E-state index is -2.88. The first-order chi connectivity index (χ1) is 8.06. The quantitative estimate of drug-likeness (QED) is 0.747. The summed E-state index contributed by atoms with van der Waals surface area (Å²) in [4.78, 5) is 11.3. The molecule has 17 heavy (non-hydrogen) atoms.